The van der Waals surface area contributed by atoms with Crippen molar-refractivity contribution in [3.8, 4) is 0 Å². The zero-order valence-electron chi connectivity index (χ0n) is 16.5. The molecule has 0 atom stereocenters. The van der Waals surface area contributed by atoms with E-state index < -0.39 is 17.4 Å². The normalized spacial score (nSPS) is 10.5. The number of unbranched alkanes of at least 4 members (excludes halogenated alkanes) is 1. The van der Waals surface area contributed by atoms with Crippen LogP contribution in [0.1, 0.15) is 58.8 Å². The number of hydrogen-bond donors (Lipinski definition) is 7. The van der Waals surface area contributed by atoms with Crippen molar-refractivity contribution in [2.24, 2.45) is 11.3 Å². The molecule has 27 heavy (non-hydrogen) atoms. The molecule has 0 aromatic carbocycles. The van der Waals surface area contributed by atoms with Crippen molar-refractivity contribution in [2.75, 3.05) is 33.0 Å². The number of carbonyl (C=O) groups is 2. The van der Waals surface area contributed by atoms with Crippen LogP contribution in [0.3, 0.4) is 0 Å². The van der Waals surface area contributed by atoms with Gasteiger partial charge in [0.05, 0.1) is 19.8 Å². The molecule has 0 unspecified atom stereocenters. The third-order valence-electron chi connectivity index (χ3n) is 4.03. The van der Waals surface area contributed by atoms with Crippen molar-refractivity contribution in [1.29, 1.82) is 0 Å². The Morgan fingerprint density at radius 2 is 1.11 bits per heavy atom. The van der Waals surface area contributed by atoms with E-state index in [2.05, 4.69) is 0 Å². The number of carboxylic acid groups (broad SMARTS) is 2. The monoisotopic (exact) mass is 398 g/mol. The highest BCUT2D eigenvalue weighted by molar-refractivity contribution is 5.67. The quantitative estimate of drug-likeness (QED) is 0.217. The number of rotatable bonds is 13. The maximum Gasteiger partial charge on any atom is 0.303 e. The summed E-state index contributed by atoms with van der Waals surface area (Å²) in [5, 5.41) is 59.0. The molecule has 9 heteroatoms. The van der Waals surface area contributed by atoms with Crippen LogP contribution in [0.15, 0.2) is 0 Å². The molecule has 0 saturated heterocycles. The fourth-order valence-corrected chi connectivity index (χ4v) is 1.62. The first-order chi connectivity index (χ1) is 12.7. The summed E-state index contributed by atoms with van der Waals surface area (Å²) in [5.74, 6) is -1.28. The predicted octanol–water partition coefficient (Wildman–Crippen LogP) is 0.463. The Labute approximate surface area is 161 Å². The Morgan fingerprint density at radius 1 is 0.778 bits per heavy atom. The second kappa shape index (κ2) is 21.0. The van der Waals surface area contributed by atoms with Crippen LogP contribution >= 0.6 is 0 Å². The molecule has 0 rings (SSSR count). The van der Waals surface area contributed by atoms with Crippen LogP contribution in [0.2, 0.25) is 0 Å². The number of carboxylic acids is 2. The topological polar surface area (TPSA) is 176 Å². The summed E-state index contributed by atoms with van der Waals surface area (Å²) in [5.41, 5.74) is -0.667. The lowest BCUT2D eigenvalue weighted by Gasteiger charge is -2.24. The van der Waals surface area contributed by atoms with Gasteiger partial charge in [-0.05, 0) is 38.0 Å². The van der Waals surface area contributed by atoms with Gasteiger partial charge < -0.3 is 35.7 Å². The van der Waals surface area contributed by atoms with Crippen LogP contribution in [-0.2, 0) is 9.59 Å². The number of aliphatic hydroxyl groups is 5. The molecule has 0 aromatic rings. The molecular weight excluding hydrogens is 360 g/mol. The van der Waals surface area contributed by atoms with Gasteiger partial charge in [-0.25, -0.2) is 0 Å². The van der Waals surface area contributed by atoms with Gasteiger partial charge in [0.15, 0.2) is 0 Å². The number of aliphatic carboxylic acids is 2. The van der Waals surface area contributed by atoms with Crippen LogP contribution in [0.4, 0.5) is 0 Å². The highest BCUT2D eigenvalue weighted by Crippen LogP contribution is 2.18. The average Bonchev–Trinajstić information content (AvgIpc) is 2.63. The third-order valence-corrected chi connectivity index (χ3v) is 4.03. The maximum atomic E-state index is 9.90. The lowest BCUT2D eigenvalue weighted by molar-refractivity contribution is -0.139. The fraction of sp³-hybridized carbons (Fsp3) is 0.889. The fourth-order valence-electron chi connectivity index (χ4n) is 1.62. The Morgan fingerprint density at radius 3 is 1.26 bits per heavy atom. The lowest BCUT2D eigenvalue weighted by atomic mass is 9.88. The summed E-state index contributed by atoms with van der Waals surface area (Å²) in [7, 11) is 0. The standard InChI is InChI=1S/C6H10O4.C6H14O3.C6H14O2/c7-5(8)3-1-2-4-6(9)10;1-2-6(3-7,4-8)5-9;1-6(2-4-7)3-5-8/h1-4H2,(H,7,8)(H,9,10);7-9H,2-5H2,1H3;6-8H,2-5H2,1H3. The molecule has 0 bridgehead atoms. The van der Waals surface area contributed by atoms with Crippen molar-refractivity contribution in [1.82, 2.24) is 0 Å². The molecular formula is C18H38O9. The van der Waals surface area contributed by atoms with Crippen molar-refractivity contribution in [3.63, 3.8) is 0 Å². The first-order valence-electron chi connectivity index (χ1n) is 9.16. The van der Waals surface area contributed by atoms with E-state index in [9.17, 15) is 9.59 Å². The van der Waals surface area contributed by atoms with E-state index in [1.54, 1.807) is 0 Å². The van der Waals surface area contributed by atoms with Gasteiger partial charge in [0.2, 0.25) is 0 Å². The SMILES string of the molecule is CC(CCO)CCO.CCC(CO)(CO)CO.O=C(O)CCCCC(=O)O. The summed E-state index contributed by atoms with van der Waals surface area (Å²) >= 11 is 0. The smallest absolute Gasteiger partial charge is 0.303 e. The Bertz CT molecular complexity index is 304. The van der Waals surface area contributed by atoms with Gasteiger partial charge in [-0.2, -0.15) is 0 Å². The summed E-state index contributed by atoms with van der Waals surface area (Å²) < 4.78 is 0. The van der Waals surface area contributed by atoms with E-state index in [4.69, 9.17) is 35.7 Å². The van der Waals surface area contributed by atoms with Crippen molar-refractivity contribution in [2.45, 2.75) is 58.8 Å². The van der Waals surface area contributed by atoms with Gasteiger partial charge in [-0.1, -0.05) is 13.8 Å². The lowest BCUT2D eigenvalue weighted by Crippen LogP contribution is -2.32. The van der Waals surface area contributed by atoms with E-state index in [-0.39, 0.29) is 45.9 Å². The minimum absolute atomic E-state index is 0.0628. The molecule has 0 amide bonds. The van der Waals surface area contributed by atoms with Crippen molar-refractivity contribution < 1.29 is 45.3 Å². The molecule has 0 aliphatic heterocycles. The first-order valence-corrected chi connectivity index (χ1v) is 9.16. The van der Waals surface area contributed by atoms with Crippen LogP contribution in [0.25, 0.3) is 0 Å². The average molecular weight is 398 g/mol. The largest absolute Gasteiger partial charge is 0.481 e. The van der Waals surface area contributed by atoms with E-state index in [1.807, 2.05) is 13.8 Å². The van der Waals surface area contributed by atoms with Gasteiger partial charge in [0.1, 0.15) is 0 Å². The van der Waals surface area contributed by atoms with E-state index in [1.165, 1.54) is 0 Å². The van der Waals surface area contributed by atoms with Crippen LogP contribution in [-0.4, -0.2) is 80.7 Å². The van der Waals surface area contributed by atoms with Crippen LogP contribution in [0, 0.1) is 11.3 Å². The summed E-state index contributed by atoms with van der Waals surface area (Å²) in [6, 6.07) is 0. The summed E-state index contributed by atoms with van der Waals surface area (Å²) in [6.07, 6.45) is 3.22. The molecule has 0 saturated carbocycles. The molecule has 0 aromatic heterocycles. The van der Waals surface area contributed by atoms with Gasteiger partial charge >= 0.3 is 11.9 Å². The maximum absolute atomic E-state index is 9.90. The molecule has 164 valence electrons. The first kappa shape index (κ1) is 30.5. The second-order valence-electron chi connectivity index (χ2n) is 6.45. The minimum Gasteiger partial charge on any atom is -0.481 e. The van der Waals surface area contributed by atoms with Crippen molar-refractivity contribution >= 4 is 11.9 Å². The molecule has 0 radical (unpaired) electrons. The summed E-state index contributed by atoms with van der Waals surface area (Å²) in [6.45, 7) is 3.85. The molecule has 0 aliphatic rings. The number of hydrogen-bond acceptors (Lipinski definition) is 7. The minimum atomic E-state index is -0.870. The molecule has 0 spiro atoms. The predicted molar refractivity (Wildman–Crippen MR) is 100 cm³/mol. The Kier molecular flexibility index (Phi) is 23.7. The Balaban J connectivity index is -0.000000322. The highest BCUT2D eigenvalue weighted by atomic mass is 16.4. The molecule has 0 heterocycles. The third kappa shape index (κ3) is 22.7. The molecule has 0 fully saturated rings. The van der Waals surface area contributed by atoms with Gasteiger partial charge in [0, 0.05) is 31.5 Å². The number of aliphatic hydroxyl groups excluding tert-OH is 5. The second-order valence-corrected chi connectivity index (χ2v) is 6.45. The van der Waals surface area contributed by atoms with Gasteiger partial charge in [-0.3, -0.25) is 9.59 Å². The van der Waals surface area contributed by atoms with Crippen molar-refractivity contribution in [3.05, 3.63) is 0 Å². The zero-order valence-corrected chi connectivity index (χ0v) is 16.5. The van der Waals surface area contributed by atoms with E-state index >= 15 is 0 Å². The van der Waals surface area contributed by atoms with Gasteiger partial charge in [0.25, 0.3) is 0 Å². The molecule has 7 N–H and O–H groups in total. The van der Waals surface area contributed by atoms with Gasteiger partial charge in [-0.15, -0.1) is 0 Å². The van der Waals surface area contributed by atoms with Crippen LogP contribution in [0.5, 0.6) is 0 Å². The molecule has 9 nitrogen and oxygen atoms in total. The Hall–Kier alpha value is -1.26. The van der Waals surface area contributed by atoms with E-state index in [0.29, 0.717) is 25.2 Å². The zero-order chi connectivity index (χ0) is 21.7. The van der Waals surface area contributed by atoms with Crippen LogP contribution < -0.4 is 0 Å². The highest BCUT2D eigenvalue weighted by Gasteiger charge is 2.24. The summed E-state index contributed by atoms with van der Waals surface area (Å²) in [4.78, 5) is 19.8. The molecule has 0 aliphatic carbocycles. The van der Waals surface area contributed by atoms with E-state index in [0.717, 1.165) is 12.8 Å².